The van der Waals surface area contributed by atoms with Gasteiger partial charge in [0.05, 0.1) is 5.52 Å². The zero-order chi connectivity index (χ0) is 13.5. The quantitative estimate of drug-likeness (QED) is 0.890. The standard InChI is InChI=1S/C16H20N4/c17-16(15-11-19-5-7-20(15)8-6-19)13-9-12-3-1-2-4-14(12)18-10-13/h1-4,9-10,15-16H,5-8,11,17H2. The fourth-order valence-electron chi connectivity index (χ4n) is 3.49. The van der Waals surface area contributed by atoms with Crippen LogP contribution in [-0.2, 0) is 0 Å². The molecule has 104 valence electrons. The first kappa shape index (κ1) is 12.3. The van der Waals surface area contributed by atoms with Gasteiger partial charge in [-0.1, -0.05) is 18.2 Å². The lowest BCUT2D eigenvalue weighted by Gasteiger charge is -2.49. The highest BCUT2D eigenvalue weighted by Crippen LogP contribution is 2.26. The Morgan fingerprint density at radius 3 is 2.70 bits per heavy atom. The smallest absolute Gasteiger partial charge is 0.0702 e. The van der Waals surface area contributed by atoms with Crippen molar-refractivity contribution in [3.8, 4) is 0 Å². The summed E-state index contributed by atoms with van der Waals surface area (Å²) in [6.45, 7) is 5.78. The minimum absolute atomic E-state index is 0.0511. The number of rotatable bonds is 2. The second-order valence-corrected chi connectivity index (χ2v) is 5.89. The highest BCUT2D eigenvalue weighted by molar-refractivity contribution is 5.78. The molecular formula is C16H20N4. The first-order valence-corrected chi connectivity index (χ1v) is 7.38. The third kappa shape index (κ3) is 2.00. The van der Waals surface area contributed by atoms with Crippen LogP contribution in [0.4, 0.5) is 0 Å². The maximum Gasteiger partial charge on any atom is 0.0702 e. The van der Waals surface area contributed by atoms with Gasteiger partial charge in [-0.25, -0.2) is 0 Å². The Bertz CT molecular complexity index is 619. The molecular weight excluding hydrogens is 248 g/mol. The van der Waals surface area contributed by atoms with Crippen LogP contribution in [0.2, 0.25) is 0 Å². The molecule has 20 heavy (non-hydrogen) atoms. The van der Waals surface area contributed by atoms with Crippen molar-refractivity contribution in [2.24, 2.45) is 5.73 Å². The largest absolute Gasteiger partial charge is 0.323 e. The van der Waals surface area contributed by atoms with Gasteiger partial charge in [0.15, 0.2) is 0 Å². The fourth-order valence-corrected chi connectivity index (χ4v) is 3.49. The number of aromatic nitrogens is 1. The third-order valence-electron chi connectivity index (χ3n) is 4.73. The fraction of sp³-hybridized carbons (Fsp3) is 0.438. The molecule has 3 saturated heterocycles. The van der Waals surface area contributed by atoms with E-state index in [4.69, 9.17) is 5.73 Å². The molecule has 1 aromatic carbocycles. The molecule has 3 fully saturated rings. The van der Waals surface area contributed by atoms with Crippen LogP contribution in [0.5, 0.6) is 0 Å². The number of pyridine rings is 1. The maximum atomic E-state index is 6.54. The molecule has 1 aromatic heterocycles. The number of benzene rings is 1. The Labute approximate surface area is 119 Å². The Hall–Kier alpha value is -1.49. The van der Waals surface area contributed by atoms with Gasteiger partial charge in [0.1, 0.15) is 0 Å². The van der Waals surface area contributed by atoms with Gasteiger partial charge in [-0.2, -0.15) is 0 Å². The summed E-state index contributed by atoms with van der Waals surface area (Å²) >= 11 is 0. The predicted octanol–water partition coefficient (Wildman–Crippen LogP) is 1.23. The first-order chi connectivity index (χ1) is 9.81. The van der Waals surface area contributed by atoms with Crippen molar-refractivity contribution in [2.45, 2.75) is 12.1 Å². The van der Waals surface area contributed by atoms with Crippen LogP contribution in [0.15, 0.2) is 36.5 Å². The minimum Gasteiger partial charge on any atom is -0.323 e. The Balaban J connectivity index is 1.64. The number of hydrogen-bond donors (Lipinski definition) is 1. The number of para-hydroxylation sites is 1. The molecule has 0 saturated carbocycles. The third-order valence-corrected chi connectivity index (χ3v) is 4.73. The van der Waals surface area contributed by atoms with E-state index in [1.165, 1.54) is 18.5 Å². The SMILES string of the molecule is NC(c1cnc2ccccc2c1)C1CN2CCN1CC2. The van der Waals surface area contributed by atoms with Crippen molar-refractivity contribution in [3.05, 3.63) is 42.1 Å². The van der Waals surface area contributed by atoms with E-state index in [9.17, 15) is 0 Å². The van der Waals surface area contributed by atoms with Crippen LogP contribution in [-0.4, -0.2) is 53.5 Å². The lowest BCUT2D eigenvalue weighted by Crippen LogP contribution is -2.63. The van der Waals surface area contributed by atoms with Crippen molar-refractivity contribution in [1.29, 1.82) is 0 Å². The molecule has 2 N–H and O–H groups in total. The molecule has 0 radical (unpaired) electrons. The molecule has 2 bridgehead atoms. The summed E-state index contributed by atoms with van der Waals surface area (Å²) < 4.78 is 0. The Morgan fingerprint density at radius 1 is 1.15 bits per heavy atom. The number of piperazine rings is 3. The molecule has 0 spiro atoms. The summed E-state index contributed by atoms with van der Waals surface area (Å²) in [5, 5.41) is 1.18. The molecule has 2 atom stereocenters. The highest BCUT2D eigenvalue weighted by Gasteiger charge is 2.35. The van der Waals surface area contributed by atoms with Gasteiger partial charge in [-0.15, -0.1) is 0 Å². The van der Waals surface area contributed by atoms with Crippen molar-refractivity contribution in [2.75, 3.05) is 32.7 Å². The van der Waals surface area contributed by atoms with Crippen molar-refractivity contribution in [1.82, 2.24) is 14.8 Å². The molecule has 5 rings (SSSR count). The van der Waals surface area contributed by atoms with E-state index < -0.39 is 0 Å². The predicted molar refractivity (Wildman–Crippen MR) is 80.5 cm³/mol. The first-order valence-electron chi connectivity index (χ1n) is 7.38. The molecule has 4 heterocycles. The van der Waals surface area contributed by atoms with E-state index in [0.717, 1.165) is 30.7 Å². The van der Waals surface area contributed by atoms with E-state index in [0.29, 0.717) is 6.04 Å². The normalized spacial score (nSPS) is 30.6. The molecule has 4 nitrogen and oxygen atoms in total. The van der Waals surface area contributed by atoms with E-state index >= 15 is 0 Å². The summed E-state index contributed by atoms with van der Waals surface area (Å²) in [6.07, 6.45) is 1.95. The Morgan fingerprint density at radius 2 is 1.95 bits per heavy atom. The average molecular weight is 268 g/mol. The van der Waals surface area contributed by atoms with Crippen LogP contribution in [0.1, 0.15) is 11.6 Å². The Kier molecular flexibility index (Phi) is 2.95. The van der Waals surface area contributed by atoms with Gasteiger partial charge < -0.3 is 5.73 Å². The van der Waals surface area contributed by atoms with E-state index in [1.807, 2.05) is 18.3 Å². The molecule has 0 amide bonds. The maximum absolute atomic E-state index is 6.54. The van der Waals surface area contributed by atoms with Crippen LogP contribution < -0.4 is 5.73 Å². The molecule has 2 aromatic rings. The number of fused-ring (bicyclic) bond motifs is 4. The van der Waals surface area contributed by atoms with Gasteiger partial charge in [0, 0.05) is 56.4 Å². The summed E-state index contributed by atoms with van der Waals surface area (Å²) in [5.41, 5.74) is 8.73. The summed E-state index contributed by atoms with van der Waals surface area (Å²) in [5.74, 6) is 0. The van der Waals surface area contributed by atoms with E-state index in [2.05, 4.69) is 33.0 Å². The van der Waals surface area contributed by atoms with Gasteiger partial charge in [0.25, 0.3) is 0 Å². The summed E-state index contributed by atoms with van der Waals surface area (Å²) in [6, 6.07) is 10.9. The summed E-state index contributed by atoms with van der Waals surface area (Å²) in [7, 11) is 0. The van der Waals surface area contributed by atoms with Crippen molar-refractivity contribution < 1.29 is 0 Å². The topological polar surface area (TPSA) is 45.4 Å². The van der Waals surface area contributed by atoms with Crippen molar-refractivity contribution >= 4 is 10.9 Å². The molecule has 0 aliphatic carbocycles. The minimum atomic E-state index is 0.0511. The molecule has 2 unspecified atom stereocenters. The van der Waals surface area contributed by atoms with E-state index in [-0.39, 0.29) is 6.04 Å². The van der Waals surface area contributed by atoms with Crippen LogP contribution >= 0.6 is 0 Å². The van der Waals surface area contributed by atoms with Crippen molar-refractivity contribution in [3.63, 3.8) is 0 Å². The van der Waals surface area contributed by atoms with Crippen LogP contribution in [0.25, 0.3) is 10.9 Å². The summed E-state index contributed by atoms with van der Waals surface area (Å²) in [4.78, 5) is 9.62. The average Bonchev–Trinajstić information content (AvgIpc) is 2.54. The molecule has 3 aliphatic rings. The van der Waals surface area contributed by atoms with Gasteiger partial charge in [0.2, 0.25) is 0 Å². The molecule has 4 heteroatoms. The highest BCUT2D eigenvalue weighted by atomic mass is 15.3. The number of nitrogens with two attached hydrogens (primary N) is 1. The lowest BCUT2D eigenvalue weighted by molar-refractivity contribution is 0.00212. The lowest BCUT2D eigenvalue weighted by atomic mass is 9.95. The van der Waals surface area contributed by atoms with Crippen LogP contribution in [0.3, 0.4) is 0 Å². The van der Waals surface area contributed by atoms with Crippen LogP contribution in [0, 0.1) is 0 Å². The van der Waals surface area contributed by atoms with Gasteiger partial charge >= 0.3 is 0 Å². The van der Waals surface area contributed by atoms with Gasteiger partial charge in [-0.3, -0.25) is 14.8 Å². The second-order valence-electron chi connectivity index (χ2n) is 5.89. The zero-order valence-corrected chi connectivity index (χ0v) is 11.6. The number of nitrogens with zero attached hydrogens (tertiary/aromatic N) is 3. The monoisotopic (exact) mass is 268 g/mol. The van der Waals surface area contributed by atoms with Gasteiger partial charge in [-0.05, 0) is 17.7 Å². The zero-order valence-electron chi connectivity index (χ0n) is 11.6. The number of hydrogen-bond acceptors (Lipinski definition) is 4. The second kappa shape index (κ2) is 4.81. The molecule has 3 aliphatic heterocycles. The van der Waals surface area contributed by atoms with E-state index in [1.54, 1.807) is 0 Å².